The van der Waals surface area contributed by atoms with Gasteiger partial charge in [0.25, 0.3) is 0 Å². The second kappa shape index (κ2) is 6.17. The summed E-state index contributed by atoms with van der Waals surface area (Å²) in [4.78, 5) is 25.4. The van der Waals surface area contributed by atoms with Gasteiger partial charge >= 0.3 is 5.97 Å². The zero-order valence-corrected chi connectivity index (χ0v) is 17.2. The number of hydrogen-bond acceptors (Lipinski definition) is 4. The van der Waals surface area contributed by atoms with E-state index < -0.39 is 45.4 Å². The number of anilines is 1. The minimum absolute atomic E-state index is 0.0600. The fourth-order valence-corrected chi connectivity index (χ4v) is 5.82. The molecule has 0 spiro atoms. The Bertz CT molecular complexity index is 1150. The summed E-state index contributed by atoms with van der Waals surface area (Å²) in [5.41, 5.74) is 5.76. The minimum Gasteiger partial charge on any atom is -0.477 e. The number of hydrogen-bond donors (Lipinski definition) is 2. The number of carboxylic acid groups (broad SMARTS) is 1. The number of aryl methyl sites for hydroxylation is 1. The molecule has 1 saturated heterocycles. The van der Waals surface area contributed by atoms with Gasteiger partial charge in [-0.25, -0.2) is 13.6 Å². The molecule has 2 heterocycles. The second-order valence-electron chi connectivity index (χ2n) is 8.96. The van der Waals surface area contributed by atoms with Gasteiger partial charge in [0.2, 0.25) is 5.43 Å². The largest absolute Gasteiger partial charge is 0.477 e. The number of carboxylic acids is 1. The van der Waals surface area contributed by atoms with Gasteiger partial charge < -0.3 is 20.3 Å². The van der Waals surface area contributed by atoms with Gasteiger partial charge in [-0.1, -0.05) is 0 Å². The van der Waals surface area contributed by atoms with Gasteiger partial charge in [-0.15, -0.1) is 11.6 Å². The van der Waals surface area contributed by atoms with Gasteiger partial charge in [0.1, 0.15) is 17.6 Å². The zero-order chi connectivity index (χ0) is 21.6. The van der Waals surface area contributed by atoms with Crippen LogP contribution in [0.5, 0.6) is 0 Å². The maximum Gasteiger partial charge on any atom is 0.341 e. The number of nitrogens with zero attached hydrogens (tertiary/aromatic N) is 2. The highest BCUT2D eigenvalue weighted by Gasteiger charge is 2.58. The smallest absolute Gasteiger partial charge is 0.341 e. The van der Waals surface area contributed by atoms with Crippen LogP contribution in [0.1, 0.15) is 47.6 Å². The Morgan fingerprint density at radius 3 is 2.67 bits per heavy atom. The molecule has 9 heteroatoms. The maximum atomic E-state index is 15.3. The molecule has 3 N–H and O–H groups in total. The van der Waals surface area contributed by atoms with Crippen LogP contribution in [0.3, 0.4) is 0 Å². The standard InChI is InChI=1S/C21H22ClF2N3O3/c1-10-16-11(18(28)12(19(29)30)7-27(16)15-6-13(15)23)5-14(24)17(10)26-8-20(22)3-2-4-21(20,25)9-26/h5,7,13,15H,2-4,6,8-9,25H2,1H3,(H,29,30)/t13-,15+,20-,21+/m0/s1. The lowest BCUT2D eigenvalue weighted by Gasteiger charge is -2.29. The van der Waals surface area contributed by atoms with Crippen LogP contribution in [0.25, 0.3) is 10.9 Å². The zero-order valence-electron chi connectivity index (χ0n) is 16.4. The van der Waals surface area contributed by atoms with Crippen molar-refractivity contribution in [3.8, 4) is 0 Å². The van der Waals surface area contributed by atoms with Crippen LogP contribution in [0, 0.1) is 12.7 Å². The summed E-state index contributed by atoms with van der Waals surface area (Å²) in [7, 11) is 0. The van der Waals surface area contributed by atoms with Gasteiger partial charge in [-0.2, -0.15) is 0 Å². The number of benzene rings is 1. The topological polar surface area (TPSA) is 88.6 Å². The van der Waals surface area contributed by atoms with Gasteiger partial charge in [0.15, 0.2) is 0 Å². The fraction of sp³-hybridized carbons (Fsp3) is 0.524. The van der Waals surface area contributed by atoms with Crippen molar-refractivity contribution in [2.24, 2.45) is 5.73 Å². The third-order valence-corrected chi connectivity index (χ3v) is 7.75. The molecule has 5 rings (SSSR count). The summed E-state index contributed by atoms with van der Waals surface area (Å²) in [5.74, 6) is -2.06. The van der Waals surface area contributed by atoms with E-state index in [4.69, 9.17) is 17.3 Å². The number of aromatic carboxylic acids is 1. The number of pyridine rings is 1. The molecule has 1 aliphatic heterocycles. The monoisotopic (exact) mass is 437 g/mol. The molecule has 0 unspecified atom stereocenters. The van der Waals surface area contributed by atoms with Crippen LogP contribution >= 0.6 is 11.6 Å². The predicted molar refractivity (Wildman–Crippen MR) is 110 cm³/mol. The van der Waals surface area contributed by atoms with Gasteiger partial charge in [-0.05, 0) is 37.8 Å². The Labute approximate surface area is 176 Å². The molecule has 0 radical (unpaired) electrons. The average Bonchev–Trinajstić information content (AvgIpc) is 3.22. The lowest BCUT2D eigenvalue weighted by Crippen LogP contribution is -2.52. The van der Waals surface area contributed by atoms with Crippen LogP contribution in [-0.4, -0.2) is 45.3 Å². The molecule has 2 aromatic rings. The molecule has 4 atom stereocenters. The fourth-order valence-electron chi connectivity index (χ4n) is 5.38. The normalized spacial score (nSPS) is 32.6. The highest BCUT2D eigenvalue weighted by Crippen LogP contribution is 2.50. The van der Waals surface area contributed by atoms with Crippen LogP contribution in [0.15, 0.2) is 17.1 Å². The van der Waals surface area contributed by atoms with E-state index in [9.17, 15) is 19.1 Å². The van der Waals surface area contributed by atoms with E-state index in [1.54, 1.807) is 6.92 Å². The van der Waals surface area contributed by atoms with E-state index in [2.05, 4.69) is 0 Å². The van der Waals surface area contributed by atoms with Crippen molar-refractivity contribution in [3.05, 3.63) is 39.4 Å². The molecule has 2 saturated carbocycles. The second-order valence-corrected chi connectivity index (χ2v) is 9.69. The van der Waals surface area contributed by atoms with E-state index in [1.165, 1.54) is 10.8 Å². The summed E-state index contributed by atoms with van der Waals surface area (Å²) < 4.78 is 30.7. The molecule has 2 aliphatic carbocycles. The number of rotatable bonds is 3. The molecule has 6 nitrogen and oxygen atoms in total. The van der Waals surface area contributed by atoms with E-state index >= 15 is 4.39 Å². The van der Waals surface area contributed by atoms with Crippen molar-refractivity contribution in [3.63, 3.8) is 0 Å². The van der Waals surface area contributed by atoms with Crippen LogP contribution in [-0.2, 0) is 0 Å². The molecule has 30 heavy (non-hydrogen) atoms. The Morgan fingerprint density at radius 1 is 1.37 bits per heavy atom. The summed E-state index contributed by atoms with van der Waals surface area (Å²) in [5, 5.41) is 9.33. The first-order valence-corrected chi connectivity index (χ1v) is 10.4. The van der Waals surface area contributed by atoms with Gasteiger partial charge in [0.05, 0.1) is 27.7 Å². The summed E-state index contributed by atoms with van der Waals surface area (Å²) in [6.45, 7) is 2.43. The van der Waals surface area contributed by atoms with Crippen molar-refractivity contribution >= 4 is 34.2 Å². The first-order chi connectivity index (χ1) is 14.1. The van der Waals surface area contributed by atoms with Crippen LogP contribution < -0.4 is 16.1 Å². The number of fused-ring (bicyclic) bond motifs is 2. The van der Waals surface area contributed by atoms with Crippen molar-refractivity contribution in [1.29, 1.82) is 0 Å². The molecular weight excluding hydrogens is 416 g/mol. The van der Waals surface area contributed by atoms with Crippen molar-refractivity contribution in [1.82, 2.24) is 4.57 Å². The van der Waals surface area contributed by atoms with Gasteiger partial charge in [-0.3, -0.25) is 4.79 Å². The first kappa shape index (κ1) is 19.8. The van der Waals surface area contributed by atoms with Crippen LogP contribution in [0.2, 0.25) is 0 Å². The van der Waals surface area contributed by atoms with Gasteiger partial charge in [0, 0.05) is 31.1 Å². The minimum atomic E-state index is -1.42. The van der Waals surface area contributed by atoms with Crippen molar-refractivity contribution in [2.75, 3.05) is 18.0 Å². The predicted octanol–water partition coefficient (Wildman–Crippen LogP) is 3.11. The van der Waals surface area contributed by atoms with Crippen molar-refractivity contribution in [2.45, 2.75) is 55.2 Å². The molecule has 0 amide bonds. The quantitative estimate of drug-likeness (QED) is 0.720. The number of carbonyl (C=O) groups is 1. The molecule has 1 aromatic heterocycles. The Morgan fingerprint density at radius 2 is 2.07 bits per heavy atom. The van der Waals surface area contributed by atoms with E-state index in [-0.39, 0.29) is 17.5 Å². The Hall–Kier alpha value is -2.19. The van der Waals surface area contributed by atoms with E-state index in [0.29, 0.717) is 24.2 Å². The summed E-state index contributed by atoms with van der Waals surface area (Å²) in [6.07, 6.45) is 2.69. The highest BCUT2D eigenvalue weighted by atomic mass is 35.5. The molecule has 160 valence electrons. The lowest BCUT2D eigenvalue weighted by molar-refractivity contribution is 0.0694. The van der Waals surface area contributed by atoms with E-state index in [0.717, 1.165) is 25.3 Å². The third-order valence-electron chi connectivity index (χ3n) is 7.07. The number of halogens is 3. The highest BCUT2D eigenvalue weighted by molar-refractivity contribution is 6.26. The molecule has 3 aliphatic rings. The van der Waals surface area contributed by atoms with Crippen molar-refractivity contribution < 1.29 is 18.7 Å². The van der Waals surface area contributed by atoms with Crippen LogP contribution in [0.4, 0.5) is 14.5 Å². The first-order valence-electron chi connectivity index (χ1n) is 10.0. The SMILES string of the molecule is Cc1c(N2C[C@]3(N)CCC[C@]3(Cl)C2)c(F)cc2c(=O)c(C(=O)O)cn([C@@H]3C[C@@H]3F)c12. The number of alkyl halides is 2. The molecule has 3 fully saturated rings. The lowest BCUT2D eigenvalue weighted by atomic mass is 9.91. The summed E-state index contributed by atoms with van der Waals surface area (Å²) >= 11 is 6.81. The van der Waals surface area contributed by atoms with E-state index in [1.807, 2.05) is 4.90 Å². The Kier molecular flexibility index (Phi) is 4.06. The summed E-state index contributed by atoms with van der Waals surface area (Å²) in [6, 6.07) is 0.498. The maximum absolute atomic E-state index is 15.3. The molecular formula is C21H22ClF2N3O3. The molecule has 0 bridgehead atoms. The molecule has 1 aromatic carbocycles. The number of nitrogens with two attached hydrogens (primary N) is 1. The Balaban J connectivity index is 1.73. The number of aromatic nitrogens is 1. The average molecular weight is 438 g/mol. The third kappa shape index (κ3) is 2.56.